The Morgan fingerprint density at radius 1 is 0.877 bits per heavy atom. The lowest BCUT2D eigenvalue weighted by Gasteiger charge is -2.35. The molecule has 1 N–H and O–H groups in total. The van der Waals surface area contributed by atoms with E-state index in [0.29, 0.717) is 113 Å². The van der Waals surface area contributed by atoms with Gasteiger partial charge in [0, 0.05) is 66.9 Å². The summed E-state index contributed by atoms with van der Waals surface area (Å²) in [4.78, 5) is 37.7. The fourth-order valence-corrected chi connectivity index (χ4v) is 10.9. The SMILES string of the molecule is Cc1c(Cl)c2c(Cl)c(C)c1-c1c(-c3ccc(F)cc3)sc3ncnc(c13)O[C@@H](C(=O)O)Cc1cc(ccc1OCc1ccnc(-c3ccc(OC[C@H]4COC(C)(C)O4)cc3)n1)OC[C@@H](CN1CCN(C)CC1)O2. The van der Waals surface area contributed by atoms with Gasteiger partial charge in [-0.1, -0.05) is 35.3 Å². The number of carbonyl (C=O) groups is 1. The standard InChI is InChI=1S/C54H53Cl2FN6O9S/c1-30-43-31(2)47(56)48(46(30)55)70-39(24-63-20-18-62(5)19-21-63)26-67-38-14-15-41(68-25-36-16-17-58-50(61-36)33-8-12-37(13-9-33)66-27-40-28-69-54(3,4)72-40)34(22-38)23-42(53(64)65)71-51-45-44(43)49(73-52(45)60-29-59-51)32-6-10-35(57)11-7-32/h6-17,22,29,39-40,42H,18-21,23-28H2,1-5H3,(H,64,65)/t39-,40+,42-/m1/s1. The first kappa shape index (κ1) is 50.4. The average Bonchev–Trinajstić information content (AvgIpc) is 3.95. The summed E-state index contributed by atoms with van der Waals surface area (Å²) < 4.78 is 58.3. The molecule has 0 unspecified atom stereocenters. The molecule has 4 aliphatic rings. The van der Waals surface area contributed by atoms with Crippen molar-refractivity contribution in [2.75, 3.05) is 59.6 Å². The second kappa shape index (κ2) is 21.3. The summed E-state index contributed by atoms with van der Waals surface area (Å²) in [5.74, 6) is 0.0313. The number of likely N-dealkylation sites (N-methyl/N-ethyl adjacent to an activating group) is 1. The van der Waals surface area contributed by atoms with E-state index in [1.807, 2.05) is 52.0 Å². The number of aliphatic carboxylic acids is 1. The molecule has 0 aliphatic carbocycles. The van der Waals surface area contributed by atoms with Crippen molar-refractivity contribution >= 4 is 50.7 Å². The maximum absolute atomic E-state index is 14.4. The number of benzene rings is 4. The molecule has 73 heavy (non-hydrogen) atoms. The van der Waals surface area contributed by atoms with Crippen LogP contribution in [0.2, 0.25) is 10.0 Å². The van der Waals surface area contributed by atoms with Crippen molar-refractivity contribution in [2.45, 2.75) is 64.8 Å². The Kier molecular flexibility index (Phi) is 14.7. The topological polar surface area (TPSA) is 160 Å². The summed E-state index contributed by atoms with van der Waals surface area (Å²) in [6, 6.07) is 20.6. The van der Waals surface area contributed by atoms with E-state index in [1.165, 1.54) is 29.8 Å². The van der Waals surface area contributed by atoms with Gasteiger partial charge in [-0.05, 0) is 118 Å². The lowest BCUT2D eigenvalue weighted by atomic mass is 9.92. The molecule has 4 aromatic carbocycles. The first-order chi connectivity index (χ1) is 35.2. The fourth-order valence-electron chi connectivity index (χ4n) is 9.22. The fraction of sp³-hybridized carbons (Fsp3) is 0.352. The van der Waals surface area contributed by atoms with Crippen LogP contribution >= 0.6 is 34.5 Å². The van der Waals surface area contributed by atoms with E-state index in [2.05, 4.69) is 31.8 Å². The highest BCUT2D eigenvalue weighted by Crippen LogP contribution is 2.53. The van der Waals surface area contributed by atoms with Crippen LogP contribution in [0.5, 0.6) is 28.9 Å². The third-order valence-corrected chi connectivity index (χ3v) is 15.1. The zero-order valence-corrected chi connectivity index (χ0v) is 43.2. The van der Waals surface area contributed by atoms with Crippen LogP contribution in [0.3, 0.4) is 0 Å². The van der Waals surface area contributed by atoms with Crippen LogP contribution in [0.4, 0.5) is 4.39 Å². The number of hydrogen-bond acceptors (Lipinski definition) is 15. The molecule has 0 radical (unpaired) electrons. The molecule has 4 aliphatic heterocycles. The van der Waals surface area contributed by atoms with Crippen LogP contribution < -0.4 is 23.7 Å². The molecule has 4 bridgehead atoms. The highest BCUT2D eigenvalue weighted by atomic mass is 35.5. The summed E-state index contributed by atoms with van der Waals surface area (Å²) in [7, 11) is 2.10. The number of fused-ring (bicyclic) bond motifs is 7. The van der Waals surface area contributed by atoms with Gasteiger partial charge < -0.3 is 43.2 Å². The van der Waals surface area contributed by atoms with Gasteiger partial charge in [-0.25, -0.2) is 29.1 Å². The third kappa shape index (κ3) is 11.2. The number of ether oxygens (including phenoxy) is 7. The van der Waals surface area contributed by atoms with Crippen molar-refractivity contribution in [3.05, 3.63) is 124 Å². The van der Waals surface area contributed by atoms with E-state index in [0.717, 1.165) is 31.7 Å². The van der Waals surface area contributed by atoms with Crippen molar-refractivity contribution in [1.82, 2.24) is 29.7 Å². The van der Waals surface area contributed by atoms with E-state index in [9.17, 15) is 14.3 Å². The maximum Gasteiger partial charge on any atom is 0.345 e. The molecule has 0 amide bonds. The van der Waals surface area contributed by atoms with Crippen LogP contribution in [-0.4, -0.2) is 125 Å². The zero-order valence-electron chi connectivity index (χ0n) is 40.8. The number of piperazine rings is 1. The number of hydrogen-bond donors (Lipinski definition) is 1. The summed E-state index contributed by atoms with van der Waals surface area (Å²) in [6.45, 7) is 12.4. The smallest absolute Gasteiger partial charge is 0.345 e. The number of rotatable bonds is 11. The molecule has 380 valence electrons. The number of carboxylic acid groups (broad SMARTS) is 1. The van der Waals surface area contributed by atoms with Gasteiger partial charge >= 0.3 is 5.97 Å². The number of aromatic nitrogens is 4. The minimum absolute atomic E-state index is 0.0180. The van der Waals surface area contributed by atoms with Crippen LogP contribution in [0, 0.1) is 19.7 Å². The van der Waals surface area contributed by atoms with Gasteiger partial charge in [-0.15, -0.1) is 11.3 Å². The first-order valence-corrected chi connectivity index (χ1v) is 25.5. The van der Waals surface area contributed by atoms with Crippen LogP contribution in [0.25, 0.3) is 43.2 Å². The monoisotopic (exact) mass is 1050 g/mol. The Hall–Kier alpha value is -6.18. The van der Waals surface area contributed by atoms with Crippen LogP contribution in [0.1, 0.15) is 36.2 Å². The van der Waals surface area contributed by atoms with Crippen LogP contribution in [-0.2, 0) is 27.3 Å². The lowest BCUT2D eigenvalue weighted by Crippen LogP contribution is -2.49. The van der Waals surface area contributed by atoms with E-state index in [-0.39, 0.29) is 31.6 Å². The third-order valence-electron chi connectivity index (χ3n) is 13.1. The summed E-state index contributed by atoms with van der Waals surface area (Å²) in [6.07, 6.45) is 0.629. The van der Waals surface area contributed by atoms with Gasteiger partial charge in [0.15, 0.2) is 17.4 Å². The molecular weight excluding hydrogens is 999 g/mol. The first-order valence-electron chi connectivity index (χ1n) is 23.9. The van der Waals surface area contributed by atoms with E-state index in [4.69, 9.17) is 61.3 Å². The van der Waals surface area contributed by atoms with Crippen molar-refractivity contribution in [3.8, 4) is 61.8 Å². The van der Waals surface area contributed by atoms with Gasteiger partial charge in [-0.3, -0.25) is 4.90 Å². The van der Waals surface area contributed by atoms with Crippen LogP contribution in [0.15, 0.2) is 85.3 Å². The van der Waals surface area contributed by atoms with Gasteiger partial charge in [0.1, 0.15) is 66.3 Å². The number of carboxylic acids is 1. The minimum Gasteiger partial charge on any atom is -0.491 e. The largest absolute Gasteiger partial charge is 0.491 e. The molecule has 11 rings (SSSR count). The van der Waals surface area contributed by atoms with Gasteiger partial charge in [-0.2, -0.15) is 0 Å². The normalized spacial score (nSPS) is 19.2. The molecule has 15 nitrogen and oxygen atoms in total. The van der Waals surface area contributed by atoms with Gasteiger partial charge in [0.05, 0.1) is 27.7 Å². The number of thiophene rings is 1. The second-order valence-corrected chi connectivity index (χ2v) is 20.5. The number of halogens is 3. The molecule has 3 atom stereocenters. The molecular formula is C54H53Cl2FN6O9S. The quantitative estimate of drug-likeness (QED) is 0.130. The van der Waals surface area contributed by atoms with Crippen molar-refractivity contribution < 1.29 is 47.4 Å². The Balaban J connectivity index is 1.000. The van der Waals surface area contributed by atoms with Crippen molar-refractivity contribution in [3.63, 3.8) is 0 Å². The number of nitrogens with zero attached hydrogens (tertiary/aromatic N) is 6. The van der Waals surface area contributed by atoms with E-state index < -0.39 is 29.8 Å². The summed E-state index contributed by atoms with van der Waals surface area (Å²) in [5, 5.41) is 12.0. The summed E-state index contributed by atoms with van der Waals surface area (Å²) in [5.41, 5.74) is 5.08. The highest BCUT2D eigenvalue weighted by molar-refractivity contribution is 7.22. The predicted octanol–water partition coefficient (Wildman–Crippen LogP) is 10.1. The molecule has 0 spiro atoms. The zero-order chi connectivity index (χ0) is 51.0. The van der Waals surface area contributed by atoms with E-state index >= 15 is 0 Å². The van der Waals surface area contributed by atoms with Gasteiger partial charge in [0.2, 0.25) is 12.0 Å². The minimum atomic E-state index is -1.48. The molecule has 2 fully saturated rings. The van der Waals surface area contributed by atoms with Gasteiger partial charge in [0.25, 0.3) is 0 Å². The molecule has 19 heteroatoms. The van der Waals surface area contributed by atoms with E-state index in [1.54, 1.807) is 42.6 Å². The Morgan fingerprint density at radius 2 is 1.62 bits per heavy atom. The van der Waals surface area contributed by atoms with Crippen molar-refractivity contribution in [1.29, 1.82) is 0 Å². The Morgan fingerprint density at radius 3 is 2.33 bits per heavy atom. The molecule has 2 saturated heterocycles. The highest BCUT2D eigenvalue weighted by Gasteiger charge is 2.34. The molecule has 0 saturated carbocycles. The molecule has 7 heterocycles. The second-order valence-electron chi connectivity index (χ2n) is 18.8. The molecule has 3 aromatic heterocycles. The lowest BCUT2D eigenvalue weighted by molar-refractivity contribution is -0.145. The molecule has 7 aromatic rings. The summed E-state index contributed by atoms with van der Waals surface area (Å²) >= 11 is 16.0. The van der Waals surface area contributed by atoms with Crippen molar-refractivity contribution in [2.24, 2.45) is 0 Å². The Bertz CT molecular complexity index is 3130. The average molecular weight is 1050 g/mol. The Labute approximate surface area is 435 Å². The maximum atomic E-state index is 14.4. The predicted molar refractivity (Wildman–Crippen MR) is 276 cm³/mol.